The summed E-state index contributed by atoms with van der Waals surface area (Å²) < 4.78 is 0. The Kier molecular flexibility index (Phi) is 10.2. The van der Waals surface area contributed by atoms with Crippen molar-refractivity contribution in [3.63, 3.8) is 0 Å². The first-order chi connectivity index (χ1) is 10.9. The molecule has 0 N–H and O–H groups in total. The third-order valence-corrected chi connectivity index (χ3v) is 5.82. The second-order valence-electron chi connectivity index (χ2n) is 9.56. The van der Waals surface area contributed by atoms with Crippen LogP contribution in [0.5, 0.6) is 0 Å². The van der Waals surface area contributed by atoms with Crippen molar-refractivity contribution in [1.82, 2.24) is 0 Å². The summed E-state index contributed by atoms with van der Waals surface area (Å²) in [6, 6.07) is 0. The van der Waals surface area contributed by atoms with Crippen LogP contribution >= 0.6 is 0 Å². The molecule has 0 bridgehead atoms. The number of hydrogen-bond acceptors (Lipinski definition) is 0. The molecular formula is C23H44. The van der Waals surface area contributed by atoms with Gasteiger partial charge in [-0.05, 0) is 62.2 Å². The molecular weight excluding hydrogens is 276 g/mol. The van der Waals surface area contributed by atoms with Gasteiger partial charge in [-0.3, -0.25) is 0 Å². The molecule has 0 atom stereocenters. The van der Waals surface area contributed by atoms with Crippen molar-refractivity contribution in [3.05, 3.63) is 12.2 Å². The fourth-order valence-electron chi connectivity index (χ4n) is 3.96. The summed E-state index contributed by atoms with van der Waals surface area (Å²) in [6.07, 6.45) is 26.0. The second kappa shape index (κ2) is 11.3. The van der Waals surface area contributed by atoms with Crippen molar-refractivity contribution in [3.8, 4) is 0 Å². The molecule has 0 saturated heterocycles. The first-order valence-electron chi connectivity index (χ1n) is 10.6. The molecule has 0 unspecified atom stereocenters. The van der Waals surface area contributed by atoms with Gasteiger partial charge in [0.2, 0.25) is 0 Å². The molecule has 0 amide bonds. The van der Waals surface area contributed by atoms with E-state index in [0.717, 1.165) is 0 Å². The van der Waals surface area contributed by atoms with Crippen LogP contribution in [-0.2, 0) is 0 Å². The predicted octanol–water partition coefficient (Wildman–Crippen LogP) is 8.46. The maximum absolute atomic E-state index is 2.49. The van der Waals surface area contributed by atoms with Gasteiger partial charge in [-0.15, -0.1) is 0 Å². The lowest BCUT2D eigenvalue weighted by Gasteiger charge is -2.25. The zero-order valence-corrected chi connectivity index (χ0v) is 16.8. The summed E-state index contributed by atoms with van der Waals surface area (Å²) >= 11 is 0. The molecule has 0 aromatic heterocycles. The van der Waals surface area contributed by atoms with Gasteiger partial charge < -0.3 is 0 Å². The molecule has 0 radical (unpaired) electrons. The highest BCUT2D eigenvalue weighted by Gasteiger charge is 2.18. The maximum Gasteiger partial charge on any atom is -0.0351 e. The van der Waals surface area contributed by atoms with E-state index >= 15 is 0 Å². The molecule has 136 valence electrons. The molecule has 0 nitrogen and oxygen atoms in total. The fraction of sp³-hybridized carbons (Fsp3) is 0.913. The molecule has 0 saturated carbocycles. The standard InChI is InChI=1S/C23H44/c1-22(2)18-14-10-8-6-5-7-9-11-15-19-23(3,4)21-17-13-12-16-20-22/h6,8H,5,7,9-21H2,1-4H3/b8-6+. The molecule has 0 aliphatic heterocycles. The topological polar surface area (TPSA) is 0 Å². The molecule has 1 aliphatic carbocycles. The van der Waals surface area contributed by atoms with E-state index in [1.54, 1.807) is 0 Å². The van der Waals surface area contributed by atoms with Gasteiger partial charge in [0.25, 0.3) is 0 Å². The van der Waals surface area contributed by atoms with Crippen LogP contribution in [0.1, 0.15) is 124 Å². The molecule has 23 heavy (non-hydrogen) atoms. The summed E-state index contributed by atoms with van der Waals surface area (Å²) in [7, 11) is 0. The molecule has 0 spiro atoms. The third kappa shape index (κ3) is 11.8. The van der Waals surface area contributed by atoms with Gasteiger partial charge in [0, 0.05) is 0 Å². The monoisotopic (exact) mass is 320 g/mol. The molecule has 0 aromatic carbocycles. The van der Waals surface area contributed by atoms with Crippen molar-refractivity contribution in [2.45, 2.75) is 124 Å². The Morgan fingerprint density at radius 2 is 0.783 bits per heavy atom. The molecule has 0 heterocycles. The lowest BCUT2D eigenvalue weighted by molar-refractivity contribution is 0.271. The molecule has 1 aliphatic rings. The molecule has 0 heteroatoms. The molecule has 0 fully saturated rings. The first kappa shape index (κ1) is 20.8. The number of rotatable bonds is 0. The van der Waals surface area contributed by atoms with Crippen LogP contribution in [0.2, 0.25) is 0 Å². The molecule has 1 rings (SSSR count). The van der Waals surface area contributed by atoms with E-state index in [1.165, 1.54) is 96.3 Å². The Morgan fingerprint density at radius 1 is 0.435 bits per heavy atom. The smallest absolute Gasteiger partial charge is 0.0351 e. The number of hydrogen-bond donors (Lipinski definition) is 0. The van der Waals surface area contributed by atoms with Gasteiger partial charge in [-0.2, -0.15) is 0 Å². The highest BCUT2D eigenvalue weighted by Crippen LogP contribution is 2.32. The van der Waals surface area contributed by atoms with Gasteiger partial charge in [0.05, 0.1) is 0 Å². The van der Waals surface area contributed by atoms with Crippen molar-refractivity contribution >= 4 is 0 Å². The van der Waals surface area contributed by atoms with Gasteiger partial charge in [0.15, 0.2) is 0 Å². The summed E-state index contributed by atoms with van der Waals surface area (Å²) in [4.78, 5) is 0. The van der Waals surface area contributed by atoms with Crippen LogP contribution in [0.4, 0.5) is 0 Å². The highest BCUT2D eigenvalue weighted by molar-refractivity contribution is 4.82. The minimum Gasteiger partial charge on any atom is -0.0885 e. The Labute approximate surface area is 147 Å². The van der Waals surface area contributed by atoms with Crippen LogP contribution in [0.15, 0.2) is 12.2 Å². The van der Waals surface area contributed by atoms with Crippen LogP contribution in [-0.4, -0.2) is 0 Å². The number of allylic oxidation sites excluding steroid dienone is 2. The maximum atomic E-state index is 2.49. The van der Waals surface area contributed by atoms with E-state index in [0.29, 0.717) is 10.8 Å². The van der Waals surface area contributed by atoms with Crippen LogP contribution in [0.25, 0.3) is 0 Å². The minimum absolute atomic E-state index is 0.552. The summed E-state index contributed by atoms with van der Waals surface area (Å²) in [5, 5.41) is 0. The third-order valence-electron chi connectivity index (χ3n) is 5.82. The average Bonchev–Trinajstić information content (AvgIpc) is 2.47. The fourth-order valence-corrected chi connectivity index (χ4v) is 3.96. The average molecular weight is 321 g/mol. The first-order valence-corrected chi connectivity index (χ1v) is 10.6. The van der Waals surface area contributed by atoms with Gasteiger partial charge >= 0.3 is 0 Å². The van der Waals surface area contributed by atoms with Crippen molar-refractivity contribution in [2.24, 2.45) is 10.8 Å². The molecule has 0 aromatic rings. The van der Waals surface area contributed by atoms with E-state index in [2.05, 4.69) is 39.8 Å². The predicted molar refractivity (Wildman–Crippen MR) is 106 cm³/mol. The Morgan fingerprint density at radius 3 is 1.26 bits per heavy atom. The summed E-state index contributed by atoms with van der Waals surface area (Å²) in [5.41, 5.74) is 1.12. The lowest BCUT2D eigenvalue weighted by atomic mass is 9.80. The SMILES string of the molecule is CC1(C)CCC/C=C/CCCCCCC(C)(C)CCCCCC1. The highest BCUT2D eigenvalue weighted by atomic mass is 14.2. The van der Waals surface area contributed by atoms with Crippen molar-refractivity contribution < 1.29 is 0 Å². The van der Waals surface area contributed by atoms with Crippen LogP contribution in [0.3, 0.4) is 0 Å². The largest absolute Gasteiger partial charge is 0.0885 e. The van der Waals surface area contributed by atoms with E-state index in [-0.39, 0.29) is 0 Å². The zero-order valence-electron chi connectivity index (χ0n) is 16.8. The summed E-state index contributed by atoms with van der Waals surface area (Å²) in [5.74, 6) is 0. The minimum atomic E-state index is 0.552. The Balaban J connectivity index is 2.38. The van der Waals surface area contributed by atoms with E-state index in [4.69, 9.17) is 0 Å². The van der Waals surface area contributed by atoms with E-state index in [1.807, 2.05) is 0 Å². The Bertz CT molecular complexity index is 308. The van der Waals surface area contributed by atoms with Crippen LogP contribution < -0.4 is 0 Å². The second-order valence-corrected chi connectivity index (χ2v) is 9.56. The zero-order chi connectivity index (χ0) is 17.0. The van der Waals surface area contributed by atoms with Gasteiger partial charge in [0.1, 0.15) is 0 Å². The van der Waals surface area contributed by atoms with Gasteiger partial charge in [-0.25, -0.2) is 0 Å². The quantitative estimate of drug-likeness (QED) is 0.393. The lowest BCUT2D eigenvalue weighted by Crippen LogP contribution is -2.12. The van der Waals surface area contributed by atoms with E-state index < -0.39 is 0 Å². The normalized spacial score (nSPS) is 27.3. The Hall–Kier alpha value is -0.260. The van der Waals surface area contributed by atoms with Crippen molar-refractivity contribution in [2.75, 3.05) is 0 Å². The van der Waals surface area contributed by atoms with Crippen LogP contribution in [0, 0.1) is 10.8 Å². The summed E-state index contributed by atoms with van der Waals surface area (Å²) in [6.45, 7) is 9.92. The van der Waals surface area contributed by atoms with Gasteiger partial charge in [-0.1, -0.05) is 84.8 Å². The van der Waals surface area contributed by atoms with Crippen molar-refractivity contribution in [1.29, 1.82) is 0 Å². The van der Waals surface area contributed by atoms with E-state index in [9.17, 15) is 0 Å².